The summed E-state index contributed by atoms with van der Waals surface area (Å²) in [6.07, 6.45) is 12.8. The van der Waals surface area contributed by atoms with Crippen LogP contribution in [-0.4, -0.2) is 18.2 Å². The number of ether oxygens (including phenoxy) is 1. The van der Waals surface area contributed by atoms with Crippen molar-refractivity contribution in [1.29, 1.82) is 0 Å². The van der Waals surface area contributed by atoms with Gasteiger partial charge in [-0.3, -0.25) is 11.3 Å². The number of hydrazine groups is 1. The Morgan fingerprint density at radius 2 is 2.17 bits per heavy atom. The van der Waals surface area contributed by atoms with Crippen molar-refractivity contribution in [3.8, 4) is 12.3 Å². The van der Waals surface area contributed by atoms with Gasteiger partial charge in [0.25, 0.3) is 0 Å². The van der Waals surface area contributed by atoms with Gasteiger partial charge in [-0.15, -0.1) is 12.3 Å². The highest BCUT2D eigenvalue weighted by Crippen LogP contribution is 2.38. The van der Waals surface area contributed by atoms with E-state index in [0.29, 0.717) is 0 Å². The normalized spacial score (nSPS) is 29.8. The molecule has 1 fully saturated rings. The second-order valence-corrected chi connectivity index (χ2v) is 5.50. The Labute approximate surface area is 112 Å². The Kier molecular flexibility index (Phi) is 6.70. The quantitative estimate of drug-likeness (QED) is 0.317. The monoisotopic (exact) mass is 252 g/mol. The Hall–Kier alpha value is -0.560. The SMILES string of the molecule is C#CCCCC(NN)C1(OCC)CCC(C)CC1. The van der Waals surface area contributed by atoms with E-state index < -0.39 is 0 Å². The van der Waals surface area contributed by atoms with Crippen molar-refractivity contribution in [1.82, 2.24) is 5.43 Å². The van der Waals surface area contributed by atoms with E-state index in [-0.39, 0.29) is 11.6 Å². The van der Waals surface area contributed by atoms with Crippen molar-refractivity contribution in [3.63, 3.8) is 0 Å². The van der Waals surface area contributed by atoms with Crippen LogP contribution >= 0.6 is 0 Å². The minimum absolute atomic E-state index is 0.0788. The molecule has 0 bridgehead atoms. The average Bonchev–Trinajstić information content (AvgIpc) is 2.38. The van der Waals surface area contributed by atoms with Crippen LogP contribution in [0.4, 0.5) is 0 Å². The summed E-state index contributed by atoms with van der Waals surface area (Å²) in [5.41, 5.74) is 2.90. The van der Waals surface area contributed by atoms with Crippen molar-refractivity contribution in [2.45, 2.75) is 70.4 Å². The molecule has 1 rings (SSSR count). The van der Waals surface area contributed by atoms with Crippen molar-refractivity contribution >= 4 is 0 Å². The molecule has 0 aromatic heterocycles. The second-order valence-electron chi connectivity index (χ2n) is 5.50. The molecule has 1 saturated carbocycles. The summed E-state index contributed by atoms with van der Waals surface area (Å²) in [6.45, 7) is 5.13. The molecule has 18 heavy (non-hydrogen) atoms. The van der Waals surface area contributed by atoms with Crippen LogP contribution in [0, 0.1) is 18.3 Å². The van der Waals surface area contributed by atoms with Crippen LogP contribution in [0.5, 0.6) is 0 Å². The molecule has 3 nitrogen and oxygen atoms in total. The maximum absolute atomic E-state index is 6.11. The van der Waals surface area contributed by atoms with Gasteiger partial charge in [0.05, 0.1) is 11.6 Å². The summed E-state index contributed by atoms with van der Waals surface area (Å²) in [5, 5.41) is 0. The Morgan fingerprint density at radius 1 is 1.50 bits per heavy atom. The van der Waals surface area contributed by atoms with Crippen LogP contribution in [0.2, 0.25) is 0 Å². The molecule has 1 atom stereocenters. The summed E-state index contributed by atoms with van der Waals surface area (Å²) in [5.74, 6) is 9.25. The standard InChI is InChI=1S/C15H28N2O/c1-4-6-7-8-14(17-16)15(18-5-2)11-9-13(3)10-12-15/h1,13-14,17H,5-12,16H2,2-3H3. The summed E-state index contributed by atoms with van der Waals surface area (Å²) in [4.78, 5) is 0. The largest absolute Gasteiger partial charge is 0.374 e. The van der Waals surface area contributed by atoms with Gasteiger partial charge in [0, 0.05) is 13.0 Å². The minimum Gasteiger partial charge on any atom is -0.374 e. The lowest BCUT2D eigenvalue weighted by Crippen LogP contribution is -2.56. The predicted octanol–water partition coefficient (Wildman–Crippen LogP) is 2.61. The zero-order valence-electron chi connectivity index (χ0n) is 11.9. The van der Waals surface area contributed by atoms with Crippen LogP contribution in [0.15, 0.2) is 0 Å². The third kappa shape index (κ3) is 3.98. The maximum Gasteiger partial charge on any atom is 0.0848 e. The summed E-state index contributed by atoms with van der Waals surface area (Å²) in [7, 11) is 0. The van der Waals surface area contributed by atoms with Crippen LogP contribution in [0.3, 0.4) is 0 Å². The second kappa shape index (κ2) is 7.78. The lowest BCUT2D eigenvalue weighted by Gasteiger charge is -2.44. The molecule has 0 saturated heterocycles. The van der Waals surface area contributed by atoms with Gasteiger partial charge in [0.2, 0.25) is 0 Å². The topological polar surface area (TPSA) is 47.3 Å². The molecular formula is C15H28N2O. The van der Waals surface area contributed by atoms with Gasteiger partial charge < -0.3 is 4.74 Å². The fraction of sp³-hybridized carbons (Fsp3) is 0.867. The molecule has 1 aliphatic rings. The van der Waals surface area contributed by atoms with Gasteiger partial charge >= 0.3 is 0 Å². The van der Waals surface area contributed by atoms with Gasteiger partial charge in [-0.1, -0.05) is 6.92 Å². The molecule has 0 amide bonds. The molecule has 0 radical (unpaired) electrons. The van der Waals surface area contributed by atoms with Gasteiger partial charge in [0.15, 0.2) is 0 Å². The molecule has 104 valence electrons. The molecule has 1 unspecified atom stereocenters. The highest BCUT2D eigenvalue weighted by atomic mass is 16.5. The number of nitrogens with two attached hydrogens (primary N) is 1. The lowest BCUT2D eigenvalue weighted by molar-refractivity contribution is -0.0980. The number of nitrogens with one attached hydrogen (secondary N) is 1. The van der Waals surface area contributed by atoms with E-state index in [1.54, 1.807) is 0 Å². The summed E-state index contributed by atoms with van der Waals surface area (Å²) < 4.78 is 6.11. The van der Waals surface area contributed by atoms with E-state index in [0.717, 1.165) is 44.6 Å². The fourth-order valence-electron chi connectivity index (χ4n) is 3.04. The van der Waals surface area contributed by atoms with Crippen molar-refractivity contribution in [2.24, 2.45) is 11.8 Å². The Balaban J connectivity index is 2.65. The van der Waals surface area contributed by atoms with Gasteiger partial charge in [0.1, 0.15) is 0 Å². The minimum atomic E-state index is -0.0788. The molecular weight excluding hydrogens is 224 g/mol. The number of rotatable bonds is 7. The molecule has 1 aliphatic carbocycles. The van der Waals surface area contributed by atoms with E-state index in [1.807, 2.05) is 0 Å². The Morgan fingerprint density at radius 3 is 2.67 bits per heavy atom. The van der Waals surface area contributed by atoms with Crippen LogP contribution < -0.4 is 11.3 Å². The number of hydrogen-bond donors (Lipinski definition) is 2. The van der Waals surface area contributed by atoms with Crippen molar-refractivity contribution in [2.75, 3.05) is 6.61 Å². The van der Waals surface area contributed by atoms with E-state index in [2.05, 4.69) is 25.2 Å². The molecule has 0 aromatic rings. The highest BCUT2D eigenvalue weighted by molar-refractivity contribution is 4.96. The number of unbranched alkanes of at least 4 members (excludes halogenated alkanes) is 1. The highest BCUT2D eigenvalue weighted by Gasteiger charge is 2.41. The smallest absolute Gasteiger partial charge is 0.0848 e. The van der Waals surface area contributed by atoms with Crippen LogP contribution in [0.25, 0.3) is 0 Å². The van der Waals surface area contributed by atoms with Crippen molar-refractivity contribution < 1.29 is 4.74 Å². The first-order valence-electron chi connectivity index (χ1n) is 7.22. The van der Waals surface area contributed by atoms with Crippen molar-refractivity contribution in [3.05, 3.63) is 0 Å². The number of hydrogen-bond acceptors (Lipinski definition) is 3. The first-order chi connectivity index (χ1) is 8.68. The average molecular weight is 252 g/mol. The summed E-state index contributed by atoms with van der Waals surface area (Å²) >= 11 is 0. The fourth-order valence-corrected chi connectivity index (χ4v) is 3.04. The van der Waals surface area contributed by atoms with E-state index in [4.69, 9.17) is 17.0 Å². The van der Waals surface area contributed by atoms with Gasteiger partial charge in [-0.05, 0) is 51.4 Å². The van der Waals surface area contributed by atoms with Crippen LogP contribution in [-0.2, 0) is 4.74 Å². The zero-order valence-corrected chi connectivity index (χ0v) is 11.9. The van der Waals surface area contributed by atoms with Gasteiger partial charge in [-0.25, -0.2) is 0 Å². The first-order valence-corrected chi connectivity index (χ1v) is 7.22. The zero-order chi connectivity index (χ0) is 13.4. The lowest BCUT2D eigenvalue weighted by atomic mass is 9.74. The van der Waals surface area contributed by atoms with E-state index in [9.17, 15) is 0 Å². The van der Waals surface area contributed by atoms with Crippen LogP contribution in [0.1, 0.15) is 58.8 Å². The molecule has 0 aliphatic heterocycles. The van der Waals surface area contributed by atoms with E-state index in [1.165, 1.54) is 12.8 Å². The number of terminal acetylenes is 1. The molecule has 0 aromatic carbocycles. The first kappa shape index (κ1) is 15.5. The van der Waals surface area contributed by atoms with Gasteiger partial charge in [-0.2, -0.15) is 0 Å². The third-order valence-electron chi connectivity index (χ3n) is 4.20. The maximum atomic E-state index is 6.11. The predicted molar refractivity (Wildman–Crippen MR) is 75.8 cm³/mol. The molecule has 0 spiro atoms. The van der Waals surface area contributed by atoms with E-state index >= 15 is 0 Å². The Bertz CT molecular complexity index is 264. The molecule has 3 heteroatoms. The molecule has 0 heterocycles. The molecule has 3 N–H and O–H groups in total. The summed E-state index contributed by atoms with van der Waals surface area (Å²) in [6, 6.07) is 0.221. The third-order valence-corrected chi connectivity index (χ3v) is 4.20.